The summed E-state index contributed by atoms with van der Waals surface area (Å²) < 4.78 is 0. The lowest BCUT2D eigenvalue weighted by Crippen LogP contribution is -2.16. The maximum atomic E-state index is 2.40. The highest BCUT2D eigenvalue weighted by Crippen LogP contribution is 2.50. The Morgan fingerprint density at radius 2 is 1.63 bits per heavy atom. The summed E-state index contributed by atoms with van der Waals surface area (Å²) in [5.41, 5.74) is 8.86. The van der Waals surface area contributed by atoms with E-state index in [9.17, 15) is 0 Å². The maximum absolute atomic E-state index is 2.40. The molecule has 0 atom stereocenters. The zero-order valence-corrected chi connectivity index (χ0v) is 12.5. The van der Waals surface area contributed by atoms with Crippen molar-refractivity contribution in [3.05, 3.63) is 58.7 Å². The van der Waals surface area contributed by atoms with Gasteiger partial charge in [0.15, 0.2) is 0 Å². The predicted molar refractivity (Wildman–Crippen MR) is 82.8 cm³/mol. The molecule has 2 aromatic rings. The maximum Gasteiger partial charge on any atom is 0.0161 e. The molecule has 0 saturated heterocycles. The number of fused-ring (bicyclic) bond motifs is 3. The Morgan fingerprint density at radius 1 is 0.947 bits per heavy atom. The van der Waals surface area contributed by atoms with Gasteiger partial charge in [-0.1, -0.05) is 64.1 Å². The van der Waals surface area contributed by atoms with Crippen LogP contribution in [0.3, 0.4) is 0 Å². The fraction of sp³-hybridized carbons (Fsp3) is 0.368. The van der Waals surface area contributed by atoms with Gasteiger partial charge in [0, 0.05) is 5.41 Å². The van der Waals surface area contributed by atoms with Crippen LogP contribution in [0, 0.1) is 6.92 Å². The number of benzene rings is 2. The molecule has 0 spiro atoms. The first kappa shape index (κ1) is 12.5. The first-order valence-corrected chi connectivity index (χ1v) is 7.18. The fourth-order valence-corrected chi connectivity index (χ4v) is 3.59. The summed E-state index contributed by atoms with van der Waals surface area (Å²) in [7, 11) is 0. The van der Waals surface area contributed by atoms with Gasteiger partial charge < -0.3 is 0 Å². The second kappa shape index (κ2) is 3.96. The minimum absolute atomic E-state index is 0.130. The topological polar surface area (TPSA) is 0 Å². The molecule has 0 amide bonds. The van der Waals surface area contributed by atoms with Crippen molar-refractivity contribution < 1.29 is 0 Å². The van der Waals surface area contributed by atoms with E-state index in [0.29, 0.717) is 5.92 Å². The van der Waals surface area contributed by atoms with E-state index >= 15 is 0 Å². The Labute approximate surface area is 116 Å². The van der Waals surface area contributed by atoms with E-state index in [1.54, 1.807) is 0 Å². The van der Waals surface area contributed by atoms with Crippen LogP contribution in [-0.4, -0.2) is 0 Å². The lowest BCUT2D eigenvalue weighted by Gasteiger charge is -2.24. The van der Waals surface area contributed by atoms with E-state index < -0.39 is 0 Å². The molecule has 0 nitrogen and oxygen atoms in total. The van der Waals surface area contributed by atoms with Crippen molar-refractivity contribution in [1.29, 1.82) is 0 Å². The van der Waals surface area contributed by atoms with Crippen molar-refractivity contribution >= 4 is 0 Å². The molecule has 0 unspecified atom stereocenters. The van der Waals surface area contributed by atoms with E-state index in [1.165, 1.54) is 33.4 Å². The highest BCUT2D eigenvalue weighted by Gasteiger charge is 2.36. The lowest BCUT2D eigenvalue weighted by atomic mass is 9.79. The van der Waals surface area contributed by atoms with Gasteiger partial charge in [-0.2, -0.15) is 0 Å². The third-order valence-corrected chi connectivity index (χ3v) is 4.54. The van der Waals surface area contributed by atoms with Crippen molar-refractivity contribution in [2.75, 3.05) is 0 Å². The van der Waals surface area contributed by atoms with E-state index in [2.05, 4.69) is 71.0 Å². The molecule has 98 valence electrons. The molecule has 0 radical (unpaired) electrons. The largest absolute Gasteiger partial charge is 0.0619 e. The molecule has 1 aliphatic carbocycles. The van der Waals surface area contributed by atoms with Gasteiger partial charge in [0.25, 0.3) is 0 Å². The first-order chi connectivity index (χ1) is 8.93. The molecule has 0 heteroatoms. The number of aryl methyl sites for hydroxylation is 1. The molecule has 0 fully saturated rings. The average molecular weight is 250 g/mol. The van der Waals surface area contributed by atoms with E-state index in [-0.39, 0.29) is 5.41 Å². The van der Waals surface area contributed by atoms with Crippen LogP contribution in [0.2, 0.25) is 0 Å². The van der Waals surface area contributed by atoms with Gasteiger partial charge in [0.2, 0.25) is 0 Å². The highest BCUT2D eigenvalue weighted by molar-refractivity contribution is 5.82. The summed E-state index contributed by atoms with van der Waals surface area (Å²) in [5, 5.41) is 0. The third-order valence-electron chi connectivity index (χ3n) is 4.54. The Kier molecular flexibility index (Phi) is 2.60. The van der Waals surface area contributed by atoms with Crippen molar-refractivity contribution in [2.24, 2.45) is 0 Å². The molecule has 1 aliphatic rings. The Balaban J connectivity index is 2.36. The molecule has 0 heterocycles. The Bertz CT molecular complexity index is 645. The average Bonchev–Trinajstić information content (AvgIpc) is 2.59. The second-order valence-corrected chi connectivity index (χ2v) is 6.59. The minimum Gasteiger partial charge on any atom is -0.0619 e. The van der Waals surface area contributed by atoms with Crippen LogP contribution in [0.15, 0.2) is 36.4 Å². The molecule has 0 saturated carbocycles. The molecule has 0 aliphatic heterocycles. The van der Waals surface area contributed by atoms with Crippen LogP contribution < -0.4 is 0 Å². The third kappa shape index (κ3) is 1.66. The van der Waals surface area contributed by atoms with Crippen molar-refractivity contribution in [3.63, 3.8) is 0 Å². The van der Waals surface area contributed by atoms with Crippen LogP contribution in [0.5, 0.6) is 0 Å². The summed E-state index contributed by atoms with van der Waals surface area (Å²) in [6.07, 6.45) is 0. The number of hydrogen-bond acceptors (Lipinski definition) is 0. The predicted octanol–water partition coefficient (Wildman–Crippen LogP) is 5.42. The van der Waals surface area contributed by atoms with Crippen molar-refractivity contribution in [1.82, 2.24) is 0 Å². The second-order valence-electron chi connectivity index (χ2n) is 6.59. The Morgan fingerprint density at radius 3 is 2.32 bits per heavy atom. The minimum atomic E-state index is 0.130. The van der Waals surface area contributed by atoms with Gasteiger partial charge in [0.05, 0.1) is 0 Å². The number of hydrogen-bond donors (Lipinski definition) is 0. The smallest absolute Gasteiger partial charge is 0.0161 e. The molecule has 0 bridgehead atoms. The zero-order valence-electron chi connectivity index (χ0n) is 12.5. The standard InChI is InChI=1S/C19H22/c1-12(2)14-10-13(3)18-16(11-14)15-8-6-7-9-17(15)19(18,4)5/h6-12H,1-5H3. The molecular weight excluding hydrogens is 228 g/mol. The van der Waals surface area contributed by atoms with Gasteiger partial charge in [-0.05, 0) is 46.2 Å². The van der Waals surface area contributed by atoms with Gasteiger partial charge >= 0.3 is 0 Å². The van der Waals surface area contributed by atoms with Gasteiger partial charge in [-0.25, -0.2) is 0 Å². The number of rotatable bonds is 1. The van der Waals surface area contributed by atoms with E-state index in [4.69, 9.17) is 0 Å². The Hall–Kier alpha value is -1.56. The highest BCUT2D eigenvalue weighted by atomic mass is 14.4. The molecule has 0 aromatic heterocycles. The van der Waals surface area contributed by atoms with Crippen molar-refractivity contribution in [3.8, 4) is 11.1 Å². The molecule has 0 N–H and O–H groups in total. The van der Waals surface area contributed by atoms with Crippen molar-refractivity contribution in [2.45, 2.75) is 46.0 Å². The van der Waals surface area contributed by atoms with Crippen LogP contribution in [-0.2, 0) is 5.41 Å². The van der Waals surface area contributed by atoms with Gasteiger partial charge in [0.1, 0.15) is 0 Å². The molecule has 3 rings (SSSR count). The fourth-order valence-electron chi connectivity index (χ4n) is 3.59. The van der Waals surface area contributed by atoms with E-state index in [0.717, 1.165) is 0 Å². The van der Waals surface area contributed by atoms with Crippen LogP contribution >= 0.6 is 0 Å². The SMILES string of the molecule is Cc1cc(C(C)C)cc2c1C(C)(C)c1ccccc1-2. The first-order valence-electron chi connectivity index (χ1n) is 7.18. The molecule has 2 aromatic carbocycles. The van der Waals surface area contributed by atoms with Crippen LogP contribution in [0.1, 0.15) is 55.9 Å². The molecular formula is C19H22. The van der Waals surface area contributed by atoms with E-state index in [1.807, 2.05) is 0 Å². The summed E-state index contributed by atoms with van der Waals surface area (Å²) in [6, 6.07) is 13.6. The van der Waals surface area contributed by atoms with Gasteiger partial charge in [-0.3, -0.25) is 0 Å². The van der Waals surface area contributed by atoms with Crippen LogP contribution in [0.4, 0.5) is 0 Å². The zero-order chi connectivity index (χ0) is 13.8. The monoisotopic (exact) mass is 250 g/mol. The summed E-state index contributed by atoms with van der Waals surface area (Å²) in [5.74, 6) is 0.583. The normalized spacial score (nSPS) is 15.5. The molecule has 19 heavy (non-hydrogen) atoms. The summed E-state index contributed by atoms with van der Waals surface area (Å²) in [4.78, 5) is 0. The van der Waals surface area contributed by atoms with Gasteiger partial charge in [-0.15, -0.1) is 0 Å². The van der Waals surface area contributed by atoms with Crippen LogP contribution in [0.25, 0.3) is 11.1 Å². The lowest BCUT2D eigenvalue weighted by molar-refractivity contribution is 0.655. The quantitative estimate of drug-likeness (QED) is 0.633. The summed E-state index contributed by atoms with van der Waals surface area (Å²) in [6.45, 7) is 11.5. The summed E-state index contributed by atoms with van der Waals surface area (Å²) >= 11 is 0.